The molecule has 0 N–H and O–H groups in total. The summed E-state index contributed by atoms with van der Waals surface area (Å²) in [5.41, 5.74) is 11.5. The van der Waals surface area contributed by atoms with Crippen LogP contribution in [-0.4, -0.2) is 0 Å². The van der Waals surface area contributed by atoms with Crippen LogP contribution >= 0.6 is 0 Å². The fraction of sp³-hybridized carbons (Fsp3) is 0.0417. The zero-order chi connectivity index (χ0) is 32.3. The van der Waals surface area contributed by atoms with Crippen LogP contribution in [0, 0.1) is 11.8 Å². The van der Waals surface area contributed by atoms with Crippen LogP contribution in [0.5, 0.6) is 0 Å². The first-order valence-electron chi connectivity index (χ1n) is 17.1. The summed E-state index contributed by atoms with van der Waals surface area (Å²) < 4.78 is 6.75. The molecule has 2 unspecified atom stereocenters. The largest absolute Gasteiger partial charge is 0.455 e. The summed E-state index contributed by atoms with van der Waals surface area (Å²) in [7, 11) is 0. The van der Waals surface area contributed by atoms with Gasteiger partial charge in [0.15, 0.2) is 0 Å². The van der Waals surface area contributed by atoms with Gasteiger partial charge >= 0.3 is 0 Å². The van der Waals surface area contributed by atoms with E-state index in [-0.39, 0.29) is 0 Å². The van der Waals surface area contributed by atoms with Gasteiger partial charge in [-0.2, -0.15) is 0 Å². The van der Waals surface area contributed by atoms with Crippen LogP contribution in [-0.2, 0) is 0 Å². The Bertz CT molecular complexity index is 2710. The van der Waals surface area contributed by atoms with E-state index in [1.165, 1.54) is 55.1 Å². The summed E-state index contributed by atoms with van der Waals surface area (Å²) in [5.74, 6) is 0.797. The van der Waals surface area contributed by atoms with Crippen LogP contribution in [0.2, 0.25) is 0 Å². The lowest BCUT2D eigenvalue weighted by Crippen LogP contribution is -2.11. The van der Waals surface area contributed by atoms with E-state index < -0.39 is 0 Å². The van der Waals surface area contributed by atoms with Gasteiger partial charge in [0.05, 0.1) is 0 Å². The zero-order valence-electron chi connectivity index (χ0n) is 26.9. The molecular weight excluding hydrogens is 593 g/mol. The van der Waals surface area contributed by atoms with Gasteiger partial charge in [0.1, 0.15) is 11.2 Å². The standard InChI is InChI=1S/C48H32O/c1-2-12-33(13-3-1)45-30-46-43-23-22-38(29-47(43)49-48(46)44-17-9-8-16-42(44)45)41-27-39(36-20-18-31-10-4-6-14-34(31)24-36)26-40(28-41)37-21-19-32-11-5-7-15-35(32)25-37/h1-31,34H. The van der Waals surface area contributed by atoms with Crippen molar-refractivity contribution in [2.24, 2.45) is 11.8 Å². The Morgan fingerprint density at radius 2 is 1.10 bits per heavy atom. The highest BCUT2D eigenvalue weighted by Gasteiger charge is 2.20. The van der Waals surface area contributed by atoms with Gasteiger partial charge < -0.3 is 4.42 Å². The molecule has 2 atom stereocenters. The summed E-state index contributed by atoms with van der Waals surface area (Å²) in [6.45, 7) is 0. The van der Waals surface area contributed by atoms with Crippen molar-refractivity contribution < 1.29 is 4.42 Å². The van der Waals surface area contributed by atoms with Crippen molar-refractivity contribution in [1.29, 1.82) is 0 Å². The Labute approximate surface area is 285 Å². The van der Waals surface area contributed by atoms with Gasteiger partial charge in [-0.1, -0.05) is 140 Å². The molecule has 0 fully saturated rings. The maximum absolute atomic E-state index is 6.75. The fourth-order valence-electron chi connectivity index (χ4n) is 7.80. The number of rotatable bonds is 4. The summed E-state index contributed by atoms with van der Waals surface area (Å²) >= 11 is 0. The predicted octanol–water partition coefficient (Wildman–Crippen LogP) is 13.2. The second-order valence-electron chi connectivity index (χ2n) is 13.3. The highest BCUT2D eigenvalue weighted by Crippen LogP contribution is 2.42. The van der Waals surface area contributed by atoms with E-state index in [1.54, 1.807) is 0 Å². The molecule has 0 radical (unpaired) electrons. The maximum atomic E-state index is 6.75. The van der Waals surface area contributed by atoms with Gasteiger partial charge in [0.2, 0.25) is 0 Å². The first kappa shape index (κ1) is 27.9. The highest BCUT2D eigenvalue weighted by atomic mass is 16.3. The average Bonchev–Trinajstić information content (AvgIpc) is 3.55. The van der Waals surface area contributed by atoms with E-state index in [1.807, 2.05) is 0 Å². The Morgan fingerprint density at radius 3 is 1.96 bits per heavy atom. The van der Waals surface area contributed by atoms with Crippen molar-refractivity contribution in [2.45, 2.75) is 0 Å². The Hall–Kier alpha value is -6.18. The number of allylic oxidation sites excluding steroid dienone is 8. The molecule has 0 bridgehead atoms. The third kappa shape index (κ3) is 4.78. The summed E-state index contributed by atoms with van der Waals surface area (Å²) in [4.78, 5) is 0. The van der Waals surface area contributed by atoms with Crippen molar-refractivity contribution in [3.05, 3.63) is 188 Å². The molecule has 0 aliphatic heterocycles. The third-order valence-electron chi connectivity index (χ3n) is 10.3. The molecule has 10 rings (SSSR count). The molecule has 1 heteroatoms. The van der Waals surface area contributed by atoms with Gasteiger partial charge in [-0.3, -0.25) is 0 Å². The molecule has 0 amide bonds. The van der Waals surface area contributed by atoms with E-state index in [9.17, 15) is 0 Å². The molecule has 1 heterocycles. The van der Waals surface area contributed by atoms with Gasteiger partial charge in [-0.15, -0.1) is 0 Å². The molecule has 0 saturated carbocycles. The topological polar surface area (TPSA) is 13.1 Å². The van der Waals surface area contributed by atoms with Gasteiger partial charge in [-0.25, -0.2) is 0 Å². The van der Waals surface area contributed by atoms with Crippen LogP contribution in [0.1, 0.15) is 5.56 Å². The quantitative estimate of drug-likeness (QED) is 0.190. The van der Waals surface area contributed by atoms with E-state index in [2.05, 4.69) is 182 Å². The van der Waals surface area contributed by atoms with Gasteiger partial charge in [0.25, 0.3) is 0 Å². The van der Waals surface area contributed by atoms with E-state index in [0.29, 0.717) is 11.8 Å². The fourth-order valence-corrected chi connectivity index (χ4v) is 7.80. The van der Waals surface area contributed by atoms with Crippen LogP contribution in [0.3, 0.4) is 0 Å². The average molecular weight is 625 g/mol. The molecule has 0 saturated heterocycles. The number of furan rings is 1. The third-order valence-corrected chi connectivity index (χ3v) is 10.3. The summed E-state index contributed by atoms with van der Waals surface area (Å²) in [6.07, 6.45) is 16.0. The number of fused-ring (bicyclic) bond motifs is 7. The zero-order valence-corrected chi connectivity index (χ0v) is 26.9. The molecule has 2 aliphatic carbocycles. The van der Waals surface area contributed by atoms with Crippen molar-refractivity contribution in [2.75, 3.05) is 0 Å². The number of hydrogen-bond acceptors (Lipinski definition) is 1. The molecule has 0 spiro atoms. The SMILES string of the molecule is C1=CC2C=CC(c3cc(-c4ccc5ccccc5c4)cc(-c4ccc5c(c4)oc4c6ccccc6c(-c6ccccc6)cc54)c3)=CC2C=C1. The van der Waals surface area contributed by atoms with Crippen molar-refractivity contribution in [3.63, 3.8) is 0 Å². The molecular formula is C48H32O. The summed E-state index contributed by atoms with van der Waals surface area (Å²) in [6, 6.07) is 50.7. The van der Waals surface area contributed by atoms with E-state index in [4.69, 9.17) is 4.42 Å². The first-order chi connectivity index (χ1) is 24.2. The normalized spacial score (nSPS) is 16.9. The molecule has 49 heavy (non-hydrogen) atoms. The molecule has 230 valence electrons. The van der Waals surface area contributed by atoms with Crippen molar-refractivity contribution >= 4 is 49.1 Å². The van der Waals surface area contributed by atoms with Crippen LogP contribution in [0.25, 0.3) is 82.4 Å². The summed E-state index contributed by atoms with van der Waals surface area (Å²) in [5, 5.41) is 7.12. The van der Waals surface area contributed by atoms with Crippen LogP contribution < -0.4 is 0 Å². The second kappa shape index (κ2) is 11.2. The maximum Gasteiger partial charge on any atom is 0.143 e. The minimum Gasteiger partial charge on any atom is -0.455 e. The molecule has 1 aromatic heterocycles. The lowest BCUT2D eigenvalue weighted by molar-refractivity contribution is 0.663. The number of hydrogen-bond donors (Lipinski definition) is 0. The molecule has 7 aromatic carbocycles. The minimum atomic E-state index is 0.375. The molecule has 8 aromatic rings. The van der Waals surface area contributed by atoms with Crippen LogP contribution in [0.15, 0.2) is 186 Å². The van der Waals surface area contributed by atoms with Crippen molar-refractivity contribution in [3.8, 4) is 33.4 Å². The van der Waals surface area contributed by atoms with Crippen molar-refractivity contribution in [1.82, 2.24) is 0 Å². The lowest BCUT2D eigenvalue weighted by atomic mass is 9.81. The van der Waals surface area contributed by atoms with Crippen LogP contribution in [0.4, 0.5) is 0 Å². The first-order valence-corrected chi connectivity index (χ1v) is 17.1. The molecule has 2 aliphatic rings. The van der Waals surface area contributed by atoms with Gasteiger partial charge in [-0.05, 0) is 103 Å². The Kier molecular flexibility index (Phi) is 6.38. The smallest absolute Gasteiger partial charge is 0.143 e. The predicted molar refractivity (Wildman–Crippen MR) is 207 cm³/mol. The van der Waals surface area contributed by atoms with E-state index >= 15 is 0 Å². The minimum absolute atomic E-state index is 0.375. The van der Waals surface area contributed by atoms with E-state index in [0.717, 1.165) is 32.9 Å². The molecule has 1 nitrogen and oxygen atoms in total. The lowest BCUT2D eigenvalue weighted by Gasteiger charge is -2.23. The van der Waals surface area contributed by atoms with Gasteiger partial charge in [0, 0.05) is 28.0 Å². The Morgan fingerprint density at radius 1 is 0.408 bits per heavy atom. The monoisotopic (exact) mass is 624 g/mol. The number of benzene rings is 7. The highest BCUT2D eigenvalue weighted by molar-refractivity contribution is 6.19. The second-order valence-corrected chi connectivity index (χ2v) is 13.3. The Balaban J connectivity index is 1.15.